The van der Waals surface area contributed by atoms with Gasteiger partial charge in [0.05, 0.1) is 0 Å². The van der Waals surface area contributed by atoms with E-state index in [2.05, 4.69) is 35.6 Å². The number of nitrogens with zero attached hydrogens (tertiary/aromatic N) is 3. The number of likely N-dealkylation sites (N-methyl/N-ethyl adjacent to an activating group) is 1. The van der Waals surface area contributed by atoms with Crippen LogP contribution in [0.25, 0.3) is 0 Å². The molecule has 0 aromatic heterocycles. The summed E-state index contributed by atoms with van der Waals surface area (Å²) in [5, 5.41) is 0. The Morgan fingerprint density at radius 3 is 2.38 bits per heavy atom. The first-order valence-corrected chi connectivity index (χ1v) is 6.80. The molecular formula is C13H27N3. The molecule has 2 rings (SSSR count). The number of hydrogen-bond acceptors (Lipinski definition) is 3. The highest BCUT2D eigenvalue weighted by atomic mass is 15.3. The van der Waals surface area contributed by atoms with E-state index in [4.69, 9.17) is 0 Å². The second kappa shape index (κ2) is 5.48. The smallest absolute Gasteiger partial charge is 0.0236 e. The summed E-state index contributed by atoms with van der Waals surface area (Å²) in [6, 6.07) is 0.840. The number of piperazine rings is 1. The van der Waals surface area contributed by atoms with Crippen LogP contribution < -0.4 is 0 Å². The van der Waals surface area contributed by atoms with Crippen LogP contribution in [0.1, 0.15) is 20.3 Å². The van der Waals surface area contributed by atoms with Gasteiger partial charge in [0.1, 0.15) is 0 Å². The summed E-state index contributed by atoms with van der Waals surface area (Å²) in [5.74, 6) is 0.811. The summed E-state index contributed by atoms with van der Waals surface area (Å²) < 4.78 is 0. The van der Waals surface area contributed by atoms with Crippen molar-refractivity contribution in [2.24, 2.45) is 5.92 Å². The summed E-state index contributed by atoms with van der Waals surface area (Å²) >= 11 is 0. The van der Waals surface area contributed by atoms with Gasteiger partial charge < -0.3 is 9.80 Å². The van der Waals surface area contributed by atoms with Gasteiger partial charge in [0.25, 0.3) is 0 Å². The summed E-state index contributed by atoms with van der Waals surface area (Å²) in [5.41, 5.74) is 0. The van der Waals surface area contributed by atoms with Crippen LogP contribution in [0, 0.1) is 5.92 Å². The zero-order valence-corrected chi connectivity index (χ0v) is 11.2. The molecule has 1 atom stereocenters. The molecule has 2 heterocycles. The molecule has 2 saturated heterocycles. The third-order valence-corrected chi connectivity index (χ3v) is 3.93. The fourth-order valence-electron chi connectivity index (χ4n) is 2.98. The van der Waals surface area contributed by atoms with Gasteiger partial charge in [0.15, 0.2) is 0 Å². The zero-order valence-electron chi connectivity index (χ0n) is 11.2. The Kier molecular flexibility index (Phi) is 4.22. The average molecular weight is 225 g/mol. The number of rotatable bonds is 3. The molecule has 94 valence electrons. The molecule has 1 unspecified atom stereocenters. The SMILES string of the molecule is CC(C)CN1CCC(N2CCN(C)CC2)C1. The molecule has 0 aromatic carbocycles. The van der Waals surface area contributed by atoms with E-state index in [0.717, 1.165) is 12.0 Å². The van der Waals surface area contributed by atoms with E-state index in [9.17, 15) is 0 Å². The Bertz CT molecular complexity index is 209. The van der Waals surface area contributed by atoms with Gasteiger partial charge in [0, 0.05) is 45.3 Å². The normalized spacial score (nSPS) is 30.4. The molecule has 0 radical (unpaired) electrons. The first kappa shape index (κ1) is 12.3. The molecular weight excluding hydrogens is 198 g/mol. The fraction of sp³-hybridized carbons (Fsp3) is 1.00. The Morgan fingerprint density at radius 1 is 1.06 bits per heavy atom. The summed E-state index contributed by atoms with van der Waals surface area (Å²) in [4.78, 5) is 7.80. The molecule has 3 nitrogen and oxygen atoms in total. The predicted molar refractivity (Wildman–Crippen MR) is 68.8 cm³/mol. The lowest BCUT2D eigenvalue weighted by atomic mass is 10.2. The van der Waals surface area contributed by atoms with Crippen LogP contribution in [0.2, 0.25) is 0 Å². The molecule has 0 aliphatic carbocycles. The van der Waals surface area contributed by atoms with Gasteiger partial charge in [0.2, 0.25) is 0 Å². The molecule has 0 spiro atoms. The van der Waals surface area contributed by atoms with E-state index >= 15 is 0 Å². The maximum atomic E-state index is 2.71. The van der Waals surface area contributed by atoms with E-state index in [0.29, 0.717) is 0 Å². The summed E-state index contributed by atoms with van der Waals surface area (Å²) in [6.07, 6.45) is 1.39. The number of likely N-dealkylation sites (tertiary alicyclic amines) is 1. The first-order chi connectivity index (χ1) is 7.65. The summed E-state index contributed by atoms with van der Waals surface area (Å²) in [7, 11) is 2.23. The second-order valence-corrected chi connectivity index (χ2v) is 5.94. The van der Waals surface area contributed by atoms with Crippen LogP contribution in [0.4, 0.5) is 0 Å². The highest BCUT2D eigenvalue weighted by molar-refractivity contribution is 4.86. The molecule has 3 heteroatoms. The molecule has 16 heavy (non-hydrogen) atoms. The van der Waals surface area contributed by atoms with Gasteiger partial charge in [-0.15, -0.1) is 0 Å². The van der Waals surface area contributed by atoms with Crippen LogP contribution in [0.5, 0.6) is 0 Å². The Morgan fingerprint density at radius 2 is 1.75 bits per heavy atom. The van der Waals surface area contributed by atoms with E-state index in [1.165, 1.54) is 52.2 Å². The van der Waals surface area contributed by atoms with Crippen molar-refractivity contribution >= 4 is 0 Å². The van der Waals surface area contributed by atoms with Crippen molar-refractivity contribution in [3.63, 3.8) is 0 Å². The van der Waals surface area contributed by atoms with Crippen molar-refractivity contribution in [3.8, 4) is 0 Å². The molecule has 2 fully saturated rings. The maximum absolute atomic E-state index is 2.71. The standard InChI is InChI=1S/C13H27N3/c1-12(2)10-15-5-4-13(11-15)16-8-6-14(3)7-9-16/h12-13H,4-11H2,1-3H3. The van der Waals surface area contributed by atoms with Crippen LogP contribution in [-0.2, 0) is 0 Å². The zero-order chi connectivity index (χ0) is 11.5. The van der Waals surface area contributed by atoms with Crippen LogP contribution >= 0.6 is 0 Å². The van der Waals surface area contributed by atoms with Crippen molar-refractivity contribution < 1.29 is 0 Å². The highest BCUT2D eigenvalue weighted by Crippen LogP contribution is 2.18. The molecule has 2 aliphatic rings. The largest absolute Gasteiger partial charge is 0.304 e. The van der Waals surface area contributed by atoms with Crippen molar-refractivity contribution in [1.29, 1.82) is 0 Å². The highest BCUT2D eigenvalue weighted by Gasteiger charge is 2.29. The van der Waals surface area contributed by atoms with Crippen molar-refractivity contribution in [1.82, 2.24) is 14.7 Å². The maximum Gasteiger partial charge on any atom is 0.0236 e. The number of hydrogen-bond donors (Lipinski definition) is 0. The molecule has 0 N–H and O–H groups in total. The van der Waals surface area contributed by atoms with Gasteiger partial charge in [-0.05, 0) is 25.9 Å². The van der Waals surface area contributed by atoms with E-state index < -0.39 is 0 Å². The second-order valence-electron chi connectivity index (χ2n) is 5.94. The van der Waals surface area contributed by atoms with E-state index in [1.54, 1.807) is 0 Å². The van der Waals surface area contributed by atoms with Crippen LogP contribution in [-0.4, -0.2) is 73.6 Å². The van der Waals surface area contributed by atoms with Gasteiger partial charge in [-0.25, -0.2) is 0 Å². The Labute approximate surface area is 100 Å². The van der Waals surface area contributed by atoms with Gasteiger partial charge in [-0.2, -0.15) is 0 Å². The minimum Gasteiger partial charge on any atom is -0.304 e. The lowest BCUT2D eigenvalue weighted by Crippen LogP contribution is -2.49. The van der Waals surface area contributed by atoms with Crippen LogP contribution in [0.3, 0.4) is 0 Å². The van der Waals surface area contributed by atoms with Gasteiger partial charge in [-0.1, -0.05) is 13.8 Å². The lowest BCUT2D eigenvalue weighted by molar-refractivity contribution is 0.112. The molecule has 2 aliphatic heterocycles. The molecule has 0 bridgehead atoms. The fourth-order valence-corrected chi connectivity index (χ4v) is 2.98. The van der Waals surface area contributed by atoms with Crippen molar-refractivity contribution in [2.45, 2.75) is 26.3 Å². The average Bonchev–Trinajstić information content (AvgIpc) is 2.66. The van der Waals surface area contributed by atoms with Crippen molar-refractivity contribution in [2.75, 3.05) is 52.9 Å². The van der Waals surface area contributed by atoms with Gasteiger partial charge in [-0.3, -0.25) is 4.90 Å². The van der Waals surface area contributed by atoms with Crippen molar-refractivity contribution in [3.05, 3.63) is 0 Å². The van der Waals surface area contributed by atoms with E-state index in [-0.39, 0.29) is 0 Å². The Balaban J connectivity index is 1.75. The quantitative estimate of drug-likeness (QED) is 0.708. The lowest BCUT2D eigenvalue weighted by Gasteiger charge is -2.36. The summed E-state index contributed by atoms with van der Waals surface area (Å²) in [6.45, 7) is 13.6. The van der Waals surface area contributed by atoms with Crippen LogP contribution in [0.15, 0.2) is 0 Å². The molecule has 0 amide bonds. The minimum absolute atomic E-state index is 0.811. The third kappa shape index (κ3) is 3.19. The van der Waals surface area contributed by atoms with E-state index in [1.807, 2.05) is 0 Å². The monoisotopic (exact) mass is 225 g/mol. The van der Waals surface area contributed by atoms with Gasteiger partial charge >= 0.3 is 0 Å². The topological polar surface area (TPSA) is 9.72 Å². The predicted octanol–water partition coefficient (Wildman–Crippen LogP) is 0.964. The minimum atomic E-state index is 0.811. The third-order valence-electron chi connectivity index (χ3n) is 3.93. The first-order valence-electron chi connectivity index (χ1n) is 6.80. The molecule has 0 saturated carbocycles. The Hall–Kier alpha value is -0.120. The molecule has 0 aromatic rings.